The topological polar surface area (TPSA) is 37.4 Å². The number of carbonyl (C=O) groups excluding carboxylic acids is 2. The quantitative estimate of drug-likeness (QED) is 0.606. The second kappa shape index (κ2) is 7.19. The lowest BCUT2D eigenvalue weighted by Crippen LogP contribution is -2.27. The van der Waals surface area contributed by atoms with Crippen molar-refractivity contribution in [3.05, 3.63) is 73.6 Å². The van der Waals surface area contributed by atoms with E-state index in [2.05, 4.69) is 0 Å². The molecular weight excluding hydrogens is 389 g/mol. The van der Waals surface area contributed by atoms with Gasteiger partial charge in [0.25, 0.3) is 11.1 Å². The molecule has 122 valence electrons. The van der Waals surface area contributed by atoms with Crippen LogP contribution in [-0.4, -0.2) is 16.0 Å². The number of hydrogen-bond acceptors (Lipinski definition) is 3. The van der Waals surface area contributed by atoms with Crippen molar-refractivity contribution in [3.63, 3.8) is 0 Å². The van der Waals surface area contributed by atoms with E-state index in [1.807, 2.05) is 0 Å². The van der Waals surface area contributed by atoms with Crippen molar-refractivity contribution < 1.29 is 9.59 Å². The second-order valence-corrected chi connectivity index (χ2v) is 7.31. The van der Waals surface area contributed by atoms with Crippen LogP contribution in [0.4, 0.5) is 4.79 Å². The summed E-state index contributed by atoms with van der Waals surface area (Å²) in [4.78, 5) is 26.2. The van der Waals surface area contributed by atoms with Crippen LogP contribution in [0.5, 0.6) is 0 Å². The predicted molar refractivity (Wildman–Crippen MR) is 99.4 cm³/mol. The molecule has 0 aromatic heterocycles. The van der Waals surface area contributed by atoms with Gasteiger partial charge in [-0.25, -0.2) is 0 Å². The molecule has 0 bridgehead atoms. The minimum Gasteiger partial charge on any atom is -0.268 e. The van der Waals surface area contributed by atoms with Crippen LogP contribution in [0, 0.1) is 0 Å². The van der Waals surface area contributed by atoms with Gasteiger partial charge < -0.3 is 0 Å². The highest BCUT2D eigenvalue weighted by atomic mass is 35.5. The van der Waals surface area contributed by atoms with E-state index in [0.717, 1.165) is 22.9 Å². The number of rotatable bonds is 3. The number of amides is 2. The van der Waals surface area contributed by atoms with Crippen LogP contribution < -0.4 is 0 Å². The first kappa shape index (κ1) is 17.4. The third kappa shape index (κ3) is 3.78. The molecule has 2 amide bonds. The Balaban J connectivity index is 1.81. The summed E-state index contributed by atoms with van der Waals surface area (Å²) in [5.74, 6) is -0.328. The highest BCUT2D eigenvalue weighted by molar-refractivity contribution is 8.18. The average Bonchev–Trinajstić information content (AvgIpc) is 2.81. The summed E-state index contributed by atoms with van der Waals surface area (Å²) >= 11 is 18.6. The van der Waals surface area contributed by atoms with Crippen LogP contribution in [-0.2, 0) is 11.3 Å². The summed E-state index contributed by atoms with van der Waals surface area (Å²) in [5.41, 5.74) is 1.54. The molecule has 24 heavy (non-hydrogen) atoms. The molecule has 0 atom stereocenters. The number of hydrogen-bond donors (Lipinski definition) is 0. The monoisotopic (exact) mass is 397 g/mol. The van der Waals surface area contributed by atoms with Gasteiger partial charge in [-0.2, -0.15) is 0 Å². The first-order chi connectivity index (χ1) is 11.4. The van der Waals surface area contributed by atoms with Crippen LogP contribution in [0.25, 0.3) is 6.08 Å². The van der Waals surface area contributed by atoms with E-state index in [1.165, 1.54) is 4.90 Å². The fraction of sp³-hybridized carbons (Fsp3) is 0.0588. The van der Waals surface area contributed by atoms with E-state index in [-0.39, 0.29) is 17.7 Å². The minimum atomic E-state index is -0.328. The Bertz CT molecular complexity index is 849. The maximum atomic E-state index is 12.5. The number of imide groups is 1. The number of carbonyl (C=O) groups is 2. The van der Waals surface area contributed by atoms with Gasteiger partial charge in [0.15, 0.2) is 0 Å². The number of thioether (sulfide) groups is 1. The molecule has 1 saturated heterocycles. The third-order valence-corrected chi connectivity index (χ3v) is 5.26. The van der Waals surface area contributed by atoms with Gasteiger partial charge >= 0.3 is 0 Å². The average molecular weight is 399 g/mol. The minimum absolute atomic E-state index is 0.152. The summed E-state index contributed by atoms with van der Waals surface area (Å²) in [6.07, 6.45) is 1.68. The molecule has 0 aliphatic carbocycles. The van der Waals surface area contributed by atoms with Crippen LogP contribution in [0.3, 0.4) is 0 Å². The van der Waals surface area contributed by atoms with Crippen molar-refractivity contribution in [2.75, 3.05) is 0 Å². The standard InChI is InChI=1S/C17H10Cl3NO2S/c18-12-4-1-10(2-5-12)8-15-16(22)21(17(23)24-15)9-11-3-6-13(19)14(20)7-11/h1-8H,9H2/b15-8+. The zero-order valence-electron chi connectivity index (χ0n) is 12.1. The van der Waals surface area contributed by atoms with Crippen molar-refractivity contribution in [2.24, 2.45) is 0 Å². The Morgan fingerprint density at radius 3 is 2.33 bits per heavy atom. The molecule has 0 spiro atoms. The van der Waals surface area contributed by atoms with Gasteiger partial charge in [0.2, 0.25) is 0 Å². The fourth-order valence-electron chi connectivity index (χ4n) is 2.17. The highest BCUT2D eigenvalue weighted by Gasteiger charge is 2.35. The molecule has 0 unspecified atom stereocenters. The van der Waals surface area contributed by atoms with Gasteiger partial charge in [0.05, 0.1) is 21.5 Å². The molecule has 1 aliphatic rings. The second-order valence-electron chi connectivity index (χ2n) is 5.07. The lowest BCUT2D eigenvalue weighted by molar-refractivity contribution is -0.123. The molecule has 2 aromatic carbocycles. The van der Waals surface area contributed by atoms with Crippen LogP contribution in [0.2, 0.25) is 15.1 Å². The zero-order chi connectivity index (χ0) is 17.3. The summed E-state index contributed by atoms with van der Waals surface area (Å²) in [7, 11) is 0. The van der Waals surface area contributed by atoms with Crippen LogP contribution in [0.1, 0.15) is 11.1 Å². The highest BCUT2D eigenvalue weighted by Crippen LogP contribution is 2.34. The van der Waals surface area contributed by atoms with Gasteiger partial charge in [-0.3, -0.25) is 14.5 Å². The summed E-state index contributed by atoms with van der Waals surface area (Å²) in [5, 5.41) is 1.11. The van der Waals surface area contributed by atoms with Gasteiger partial charge in [-0.15, -0.1) is 0 Å². The summed E-state index contributed by atoms with van der Waals surface area (Å²) in [6, 6.07) is 12.1. The molecule has 3 rings (SSSR count). The molecule has 7 heteroatoms. The van der Waals surface area contributed by atoms with Crippen LogP contribution >= 0.6 is 46.6 Å². The molecular formula is C17H10Cl3NO2S. The predicted octanol–water partition coefficient (Wildman–Crippen LogP) is 5.88. The molecule has 0 N–H and O–H groups in total. The summed E-state index contributed by atoms with van der Waals surface area (Å²) < 4.78 is 0. The Kier molecular flexibility index (Phi) is 5.21. The molecule has 0 saturated carbocycles. The largest absolute Gasteiger partial charge is 0.293 e. The van der Waals surface area contributed by atoms with Crippen molar-refractivity contribution in [3.8, 4) is 0 Å². The van der Waals surface area contributed by atoms with E-state index in [0.29, 0.717) is 20.0 Å². The van der Waals surface area contributed by atoms with Crippen molar-refractivity contribution in [1.82, 2.24) is 4.90 Å². The molecule has 0 radical (unpaired) electrons. The number of halogens is 3. The van der Waals surface area contributed by atoms with Crippen LogP contribution in [0.15, 0.2) is 47.4 Å². The fourth-order valence-corrected chi connectivity index (χ4v) is 3.45. The Morgan fingerprint density at radius 1 is 0.958 bits per heavy atom. The Labute approximate surface area is 158 Å². The van der Waals surface area contributed by atoms with Crippen molar-refractivity contribution >= 4 is 63.8 Å². The van der Waals surface area contributed by atoms with Gasteiger partial charge in [0.1, 0.15) is 0 Å². The van der Waals surface area contributed by atoms with E-state index in [1.54, 1.807) is 48.5 Å². The van der Waals surface area contributed by atoms with Gasteiger partial charge in [-0.1, -0.05) is 53.0 Å². The molecule has 1 heterocycles. The first-order valence-corrected chi connectivity index (χ1v) is 8.84. The lowest BCUT2D eigenvalue weighted by atomic mass is 10.2. The summed E-state index contributed by atoms with van der Waals surface area (Å²) in [6.45, 7) is 0.152. The maximum absolute atomic E-state index is 12.5. The van der Waals surface area contributed by atoms with E-state index >= 15 is 0 Å². The smallest absolute Gasteiger partial charge is 0.268 e. The van der Waals surface area contributed by atoms with Crippen molar-refractivity contribution in [1.29, 1.82) is 0 Å². The molecule has 3 nitrogen and oxygen atoms in total. The number of benzene rings is 2. The van der Waals surface area contributed by atoms with Gasteiger partial charge in [-0.05, 0) is 53.2 Å². The van der Waals surface area contributed by atoms with Crippen molar-refractivity contribution in [2.45, 2.75) is 6.54 Å². The normalized spacial score (nSPS) is 16.3. The molecule has 1 aliphatic heterocycles. The van der Waals surface area contributed by atoms with E-state index in [9.17, 15) is 9.59 Å². The first-order valence-electron chi connectivity index (χ1n) is 6.89. The Morgan fingerprint density at radius 2 is 1.67 bits per heavy atom. The third-order valence-electron chi connectivity index (χ3n) is 3.37. The Hall–Kier alpha value is -1.46. The van der Waals surface area contributed by atoms with Gasteiger partial charge in [0, 0.05) is 5.02 Å². The zero-order valence-corrected chi connectivity index (χ0v) is 15.2. The van der Waals surface area contributed by atoms with E-state index in [4.69, 9.17) is 34.8 Å². The van der Waals surface area contributed by atoms with E-state index < -0.39 is 0 Å². The molecule has 1 fully saturated rings. The SMILES string of the molecule is O=C1S/C(=C/c2ccc(Cl)cc2)C(=O)N1Cc1ccc(Cl)c(Cl)c1. The lowest BCUT2D eigenvalue weighted by Gasteiger charge is -2.12. The maximum Gasteiger partial charge on any atom is 0.293 e. The number of nitrogens with zero attached hydrogens (tertiary/aromatic N) is 1. The molecule has 2 aromatic rings.